The van der Waals surface area contributed by atoms with Gasteiger partial charge in [0.05, 0.1) is 0 Å². The second-order valence-electron chi connectivity index (χ2n) is 5.06. The van der Waals surface area contributed by atoms with Crippen molar-refractivity contribution in [2.24, 2.45) is 0 Å². The van der Waals surface area contributed by atoms with Crippen LogP contribution < -0.4 is 10.6 Å². The predicted molar refractivity (Wildman–Crippen MR) is 93.7 cm³/mol. The van der Waals surface area contributed by atoms with E-state index in [1.165, 1.54) is 17.7 Å². The van der Waals surface area contributed by atoms with Crippen molar-refractivity contribution in [1.82, 2.24) is 10.6 Å². The van der Waals surface area contributed by atoms with Crippen LogP contribution in [0.4, 0.5) is 4.39 Å². The Bertz CT molecular complexity index is 644. The van der Waals surface area contributed by atoms with Crippen LogP contribution in [0.15, 0.2) is 42.5 Å². The van der Waals surface area contributed by atoms with Gasteiger partial charge < -0.3 is 10.6 Å². The topological polar surface area (TPSA) is 24.1 Å². The average Bonchev–Trinajstić information content (AvgIpc) is 2.50. The summed E-state index contributed by atoms with van der Waals surface area (Å²) < 4.78 is 13.2. The van der Waals surface area contributed by atoms with Crippen LogP contribution in [0.5, 0.6) is 0 Å². The maximum atomic E-state index is 13.2. The van der Waals surface area contributed by atoms with Gasteiger partial charge in [-0.05, 0) is 66.5 Å². The van der Waals surface area contributed by atoms with Gasteiger partial charge in [0.25, 0.3) is 0 Å². The van der Waals surface area contributed by atoms with Crippen molar-refractivity contribution >= 4 is 28.9 Å². The summed E-state index contributed by atoms with van der Waals surface area (Å²) >= 11 is 11.1. The van der Waals surface area contributed by atoms with E-state index < -0.39 is 0 Å². The summed E-state index contributed by atoms with van der Waals surface area (Å²) in [5, 5.41) is 7.54. The molecule has 0 aliphatic rings. The Morgan fingerprint density at radius 1 is 1.14 bits per heavy atom. The third-order valence-electron chi connectivity index (χ3n) is 3.36. The van der Waals surface area contributed by atoms with Crippen LogP contribution in [-0.4, -0.2) is 11.7 Å². The summed E-state index contributed by atoms with van der Waals surface area (Å²) in [6.07, 6.45) is 0.859. The molecule has 0 aliphatic heterocycles. The van der Waals surface area contributed by atoms with Gasteiger partial charge in [0, 0.05) is 18.1 Å². The molecule has 0 aromatic heterocycles. The highest BCUT2D eigenvalue weighted by atomic mass is 35.5. The molecule has 116 valence electrons. The minimum Gasteiger partial charge on any atom is -0.362 e. The van der Waals surface area contributed by atoms with E-state index in [9.17, 15) is 4.39 Å². The first kappa shape index (κ1) is 16.7. The first-order chi connectivity index (χ1) is 10.5. The Morgan fingerprint density at radius 2 is 1.86 bits per heavy atom. The van der Waals surface area contributed by atoms with Crippen molar-refractivity contribution < 1.29 is 4.39 Å². The molecule has 0 atom stereocenters. The lowest BCUT2D eigenvalue weighted by molar-refractivity contribution is 0.624. The molecule has 2 aromatic rings. The van der Waals surface area contributed by atoms with Crippen molar-refractivity contribution in [3.8, 4) is 0 Å². The second kappa shape index (κ2) is 8.11. The number of nitrogens with one attached hydrogen (secondary N) is 2. The molecule has 2 aromatic carbocycles. The number of halogens is 2. The Labute approximate surface area is 140 Å². The lowest BCUT2D eigenvalue weighted by Gasteiger charge is -2.12. The standard InChI is InChI=1S/C17H18ClFN2S/c1-12-2-7-16(19)10-14(12)11-21-17(22)20-9-8-13-3-5-15(18)6-4-13/h2-7,10H,8-9,11H2,1H3,(H2,20,21,22). The van der Waals surface area contributed by atoms with Crippen molar-refractivity contribution in [2.75, 3.05) is 6.54 Å². The molecular weight excluding hydrogens is 319 g/mol. The monoisotopic (exact) mass is 336 g/mol. The van der Waals surface area contributed by atoms with Crippen LogP contribution in [0.3, 0.4) is 0 Å². The summed E-state index contributed by atoms with van der Waals surface area (Å²) in [4.78, 5) is 0. The molecule has 2 N–H and O–H groups in total. The highest BCUT2D eigenvalue weighted by Gasteiger charge is 2.02. The molecule has 5 heteroatoms. The molecule has 0 fully saturated rings. The van der Waals surface area contributed by atoms with E-state index in [0.29, 0.717) is 11.7 Å². The third kappa shape index (κ3) is 5.28. The van der Waals surface area contributed by atoms with Crippen LogP contribution in [0, 0.1) is 12.7 Å². The van der Waals surface area contributed by atoms with Crippen molar-refractivity contribution in [2.45, 2.75) is 19.9 Å². The Morgan fingerprint density at radius 3 is 2.59 bits per heavy atom. The van der Waals surface area contributed by atoms with Crippen LogP contribution in [0.25, 0.3) is 0 Å². The molecule has 2 rings (SSSR count). The maximum absolute atomic E-state index is 13.2. The molecule has 0 radical (unpaired) electrons. The summed E-state index contributed by atoms with van der Waals surface area (Å²) in [6, 6.07) is 12.5. The number of rotatable bonds is 5. The van der Waals surface area contributed by atoms with Crippen LogP contribution in [-0.2, 0) is 13.0 Å². The van der Waals surface area contributed by atoms with E-state index in [0.717, 1.165) is 29.1 Å². The van der Waals surface area contributed by atoms with E-state index in [1.807, 2.05) is 31.2 Å². The second-order valence-corrected chi connectivity index (χ2v) is 5.90. The smallest absolute Gasteiger partial charge is 0.166 e. The van der Waals surface area contributed by atoms with Gasteiger partial charge in [0.2, 0.25) is 0 Å². The number of hydrogen-bond donors (Lipinski definition) is 2. The molecular formula is C17H18ClFN2S. The highest BCUT2D eigenvalue weighted by Crippen LogP contribution is 2.10. The van der Waals surface area contributed by atoms with Gasteiger partial charge in [-0.15, -0.1) is 0 Å². The van der Waals surface area contributed by atoms with Crippen LogP contribution in [0.2, 0.25) is 5.02 Å². The SMILES string of the molecule is Cc1ccc(F)cc1CNC(=S)NCCc1ccc(Cl)cc1. The summed E-state index contributed by atoms with van der Waals surface area (Å²) in [6.45, 7) is 3.19. The molecule has 0 spiro atoms. The zero-order valence-electron chi connectivity index (χ0n) is 12.3. The van der Waals surface area contributed by atoms with Crippen molar-refractivity contribution in [3.05, 3.63) is 70.0 Å². The number of benzene rings is 2. The summed E-state index contributed by atoms with van der Waals surface area (Å²) in [5.41, 5.74) is 3.14. The fraction of sp³-hybridized carbons (Fsp3) is 0.235. The Kier molecular flexibility index (Phi) is 6.16. The molecule has 0 bridgehead atoms. The average molecular weight is 337 g/mol. The fourth-order valence-electron chi connectivity index (χ4n) is 2.04. The minimum absolute atomic E-state index is 0.232. The van der Waals surface area contributed by atoms with E-state index >= 15 is 0 Å². The van der Waals surface area contributed by atoms with Gasteiger partial charge in [0.1, 0.15) is 5.82 Å². The molecule has 0 saturated heterocycles. The van der Waals surface area contributed by atoms with E-state index in [1.54, 1.807) is 6.07 Å². The van der Waals surface area contributed by atoms with Gasteiger partial charge in [-0.3, -0.25) is 0 Å². The third-order valence-corrected chi connectivity index (χ3v) is 3.90. The normalized spacial score (nSPS) is 10.3. The molecule has 2 nitrogen and oxygen atoms in total. The van der Waals surface area contributed by atoms with Crippen LogP contribution >= 0.6 is 23.8 Å². The van der Waals surface area contributed by atoms with Crippen molar-refractivity contribution in [3.63, 3.8) is 0 Å². The van der Waals surface area contributed by atoms with E-state index in [2.05, 4.69) is 10.6 Å². The van der Waals surface area contributed by atoms with Crippen LogP contribution in [0.1, 0.15) is 16.7 Å². The zero-order chi connectivity index (χ0) is 15.9. The van der Waals surface area contributed by atoms with E-state index in [4.69, 9.17) is 23.8 Å². The first-order valence-electron chi connectivity index (χ1n) is 7.06. The van der Waals surface area contributed by atoms with Crippen molar-refractivity contribution in [1.29, 1.82) is 0 Å². The number of aryl methyl sites for hydroxylation is 1. The van der Waals surface area contributed by atoms with Gasteiger partial charge in [-0.1, -0.05) is 29.8 Å². The van der Waals surface area contributed by atoms with Gasteiger partial charge in [-0.25, -0.2) is 4.39 Å². The molecule has 0 aliphatic carbocycles. The molecule has 0 saturated carbocycles. The van der Waals surface area contributed by atoms with E-state index in [-0.39, 0.29) is 5.82 Å². The molecule has 22 heavy (non-hydrogen) atoms. The van der Waals surface area contributed by atoms with Gasteiger partial charge >= 0.3 is 0 Å². The lowest BCUT2D eigenvalue weighted by atomic mass is 10.1. The quantitative estimate of drug-likeness (QED) is 0.807. The Hall–Kier alpha value is -1.65. The molecule has 0 unspecified atom stereocenters. The highest BCUT2D eigenvalue weighted by molar-refractivity contribution is 7.80. The Balaban J connectivity index is 1.74. The fourth-order valence-corrected chi connectivity index (χ4v) is 2.34. The van der Waals surface area contributed by atoms with Gasteiger partial charge in [-0.2, -0.15) is 0 Å². The summed E-state index contributed by atoms with van der Waals surface area (Å²) in [7, 11) is 0. The first-order valence-corrected chi connectivity index (χ1v) is 7.84. The van der Waals surface area contributed by atoms with Gasteiger partial charge in [0.15, 0.2) is 5.11 Å². The number of hydrogen-bond acceptors (Lipinski definition) is 1. The predicted octanol–water partition coefficient (Wildman–Crippen LogP) is 3.99. The maximum Gasteiger partial charge on any atom is 0.166 e. The number of thiocarbonyl (C=S) groups is 1. The largest absolute Gasteiger partial charge is 0.362 e. The minimum atomic E-state index is -0.232. The molecule has 0 amide bonds. The lowest BCUT2D eigenvalue weighted by Crippen LogP contribution is -2.36. The summed E-state index contributed by atoms with van der Waals surface area (Å²) in [5.74, 6) is -0.232. The zero-order valence-corrected chi connectivity index (χ0v) is 13.9. The molecule has 0 heterocycles.